The maximum Gasteiger partial charge on any atom is 0.243 e. The molecule has 0 aliphatic carbocycles. The fourth-order valence-corrected chi connectivity index (χ4v) is 5.84. The summed E-state index contributed by atoms with van der Waals surface area (Å²) in [4.78, 5) is 28.8. The van der Waals surface area contributed by atoms with E-state index in [1.54, 1.807) is 17.0 Å². The van der Waals surface area contributed by atoms with Gasteiger partial charge >= 0.3 is 0 Å². The summed E-state index contributed by atoms with van der Waals surface area (Å²) in [6, 6.07) is 21.4. The van der Waals surface area contributed by atoms with Crippen molar-refractivity contribution in [3.63, 3.8) is 0 Å². The first-order valence-corrected chi connectivity index (χ1v) is 15.7. The Bertz CT molecular complexity index is 1430. The molecule has 0 radical (unpaired) electrons. The van der Waals surface area contributed by atoms with Crippen molar-refractivity contribution in [2.45, 2.75) is 45.7 Å². The quantitative estimate of drug-likeness (QED) is 0.282. The van der Waals surface area contributed by atoms with Gasteiger partial charge in [-0.2, -0.15) is 0 Å². The highest BCUT2D eigenvalue weighted by Gasteiger charge is 2.30. The Balaban J connectivity index is 1.87. The lowest BCUT2D eigenvalue weighted by molar-refractivity contribution is -0.141. The van der Waals surface area contributed by atoms with Gasteiger partial charge in [0, 0.05) is 32.5 Å². The van der Waals surface area contributed by atoms with Gasteiger partial charge in [0.05, 0.1) is 24.1 Å². The van der Waals surface area contributed by atoms with E-state index in [1.807, 2.05) is 68.4 Å². The minimum Gasteiger partial charge on any atom is -0.495 e. The number of amides is 2. The fraction of sp³-hybridized carbons (Fsp3) is 0.355. The maximum atomic E-state index is 13.8. The first-order valence-electron chi connectivity index (χ1n) is 13.5. The monoisotopic (exact) mass is 599 g/mol. The van der Waals surface area contributed by atoms with Gasteiger partial charge in [0.1, 0.15) is 11.8 Å². The second kappa shape index (κ2) is 14.9. The molecule has 1 N–H and O–H groups in total. The molecule has 0 aliphatic rings. The van der Waals surface area contributed by atoms with E-state index in [0.29, 0.717) is 24.4 Å². The number of carbonyl (C=O) groups is 2. The molecule has 0 saturated carbocycles. The van der Waals surface area contributed by atoms with Crippen molar-refractivity contribution in [1.82, 2.24) is 10.2 Å². The Morgan fingerprint density at radius 3 is 2.32 bits per heavy atom. The van der Waals surface area contributed by atoms with Crippen molar-refractivity contribution >= 4 is 39.1 Å². The molecule has 41 heavy (non-hydrogen) atoms. The number of nitrogens with zero attached hydrogens (tertiary/aromatic N) is 2. The van der Waals surface area contributed by atoms with Crippen LogP contribution in [0.25, 0.3) is 0 Å². The molecule has 3 rings (SSSR count). The molecule has 0 fully saturated rings. The van der Waals surface area contributed by atoms with Gasteiger partial charge in [0.15, 0.2) is 0 Å². The number of sulfonamides is 1. The molecule has 0 aromatic heterocycles. The molecule has 0 unspecified atom stereocenters. The number of halogens is 1. The summed E-state index contributed by atoms with van der Waals surface area (Å²) in [5, 5.41) is 3.17. The summed E-state index contributed by atoms with van der Waals surface area (Å²) in [5.41, 5.74) is 3.27. The second-order valence-electron chi connectivity index (χ2n) is 9.81. The van der Waals surface area contributed by atoms with E-state index in [2.05, 4.69) is 5.32 Å². The zero-order chi connectivity index (χ0) is 30.0. The van der Waals surface area contributed by atoms with E-state index >= 15 is 0 Å². The van der Waals surface area contributed by atoms with Crippen LogP contribution in [0, 0.1) is 6.92 Å². The fourth-order valence-electron chi connectivity index (χ4n) is 4.63. The minimum atomic E-state index is -3.66. The predicted molar refractivity (Wildman–Crippen MR) is 164 cm³/mol. The number of likely N-dealkylation sites (N-methyl/N-ethyl adjacent to an activating group) is 1. The predicted octanol–water partition coefficient (Wildman–Crippen LogP) is 4.98. The summed E-state index contributed by atoms with van der Waals surface area (Å²) in [5.74, 6) is -0.0358. The van der Waals surface area contributed by atoms with E-state index in [0.717, 1.165) is 22.9 Å². The number of aryl methyl sites for hydroxylation is 1. The van der Waals surface area contributed by atoms with Crippen molar-refractivity contribution < 1.29 is 22.7 Å². The van der Waals surface area contributed by atoms with Crippen LogP contribution < -0.4 is 14.4 Å². The van der Waals surface area contributed by atoms with Crippen molar-refractivity contribution in [3.05, 3.63) is 94.5 Å². The Morgan fingerprint density at radius 1 is 1.02 bits per heavy atom. The Kier molecular flexibility index (Phi) is 11.6. The Labute approximate surface area is 248 Å². The van der Waals surface area contributed by atoms with Crippen LogP contribution in [-0.2, 0) is 32.6 Å². The van der Waals surface area contributed by atoms with Crippen molar-refractivity contribution in [2.24, 2.45) is 0 Å². The number of anilines is 1. The topological polar surface area (TPSA) is 96.0 Å². The van der Waals surface area contributed by atoms with E-state index < -0.39 is 16.1 Å². The molecule has 0 spiro atoms. The van der Waals surface area contributed by atoms with E-state index in [9.17, 15) is 18.0 Å². The molecule has 3 aromatic rings. The molecule has 220 valence electrons. The summed E-state index contributed by atoms with van der Waals surface area (Å²) >= 11 is 6.25. The van der Waals surface area contributed by atoms with Crippen LogP contribution in [0.2, 0.25) is 5.02 Å². The lowest BCUT2D eigenvalue weighted by atomic mass is 10.0. The zero-order valence-corrected chi connectivity index (χ0v) is 25.5. The molecule has 8 nitrogen and oxygen atoms in total. The van der Waals surface area contributed by atoms with Crippen LogP contribution in [0.1, 0.15) is 36.5 Å². The molecule has 3 aromatic carbocycles. The minimum absolute atomic E-state index is 0.0481. The third kappa shape index (κ3) is 8.96. The molecule has 10 heteroatoms. The van der Waals surface area contributed by atoms with Gasteiger partial charge < -0.3 is 15.0 Å². The molecule has 2 amide bonds. The highest BCUT2D eigenvalue weighted by atomic mass is 35.5. The smallest absolute Gasteiger partial charge is 0.243 e. The van der Waals surface area contributed by atoms with Gasteiger partial charge in [-0.1, -0.05) is 66.2 Å². The normalized spacial score (nSPS) is 11.9. The first kappa shape index (κ1) is 32.0. The number of benzene rings is 3. The second-order valence-corrected chi connectivity index (χ2v) is 12.1. The molecular formula is C31H38ClN3O5S. The average Bonchev–Trinajstić information content (AvgIpc) is 2.93. The van der Waals surface area contributed by atoms with Gasteiger partial charge in [0.25, 0.3) is 0 Å². The van der Waals surface area contributed by atoms with Gasteiger partial charge in [-0.3, -0.25) is 13.9 Å². The van der Waals surface area contributed by atoms with Crippen LogP contribution >= 0.6 is 11.6 Å². The third-order valence-corrected chi connectivity index (χ3v) is 8.29. The molecule has 0 bridgehead atoms. The van der Waals surface area contributed by atoms with Gasteiger partial charge in [-0.25, -0.2) is 8.42 Å². The van der Waals surface area contributed by atoms with Crippen molar-refractivity contribution in [1.29, 1.82) is 0 Å². The van der Waals surface area contributed by atoms with Crippen molar-refractivity contribution in [2.75, 3.05) is 30.8 Å². The standard InChI is InChI=1S/C31H38ClN3O5S/c1-5-33-31(37)28(20-24-13-7-6-8-14-24)34(22-25-15-10-9-12-23(25)2)30(36)16-11-19-35(41(4,38)39)26-17-18-29(40-3)27(32)21-26/h6-10,12-15,17-18,21,28H,5,11,16,19-20,22H2,1-4H3,(H,33,37)/t28-/m1/s1. The van der Waals surface area contributed by atoms with E-state index in [-0.39, 0.29) is 42.8 Å². The Hall–Kier alpha value is -3.56. The van der Waals surface area contributed by atoms with E-state index in [1.165, 1.54) is 17.5 Å². The largest absolute Gasteiger partial charge is 0.495 e. The van der Waals surface area contributed by atoms with Crippen molar-refractivity contribution in [3.8, 4) is 5.75 Å². The molecule has 1 atom stereocenters. The molecule has 0 aliphatic heterocycles. The maximum absolute atomic E-state index is 13.8. The van der Waals surface area contributed by atoms with Gasteiger partial charge in [0.2, 0.25) is 21.8 Å². The van der Waals surface area contributed by atoms with Crippen LogP contribution in [-0.4, -0.2) is 57.6 Å². The number of methoxy groups -OCH3 is 1. The van der Waals surface area contributed by atoms with Crippen LogP contribution in [0.3, 0.4) is 0 Å². The number of rotatable bonds is 14. The number of hydrogen-bond acceptors (Lipinski definition) is 5. The number of carbonyl (C=O) groups excluding carboxylic acids is 2. The van der Waals surface area contributed by atoms with Crippen LogP contribution in [0.4, 0.5) is 5.69 Å². The number of hydrogen-bond donors (Lipinski definition) is 1. The van der Waals surface area contributed by atoms with Gasteiger partial charge in [-0.05, 0) is 55.2 Å². The zero-order valence-electron chi connectivity index (χ0n) is 24.0. The molecular weight excluding hydrogens is 562 g/mol. The summed E-state index contributed by atoms with van der Waals surface area (Å²) in [6.45, 7) is 4.57. The molecule has 0 heterocycles. The Morgan fingerprint density at radius 2 is 1.71 bits per heavy atom. The summed E-state index contributed by atoms with van der Waals surface area (Å²) in [7, 11) is -2.18. The lowest BCUT2D eigenvalue weighted by Gasteiger charge is -2.32. The van der Waals surface area contributed by atoms with Crippen LogP contribution in [0.15, 0.2) is 72.8 Å². The van der Waals surface area contributed by atoms with Crippen LogP contribution in [0.5, 0.6) is 5.75 Å². The first-order chi connectivity index (χ1) is 19.5. The summed E-state index contributed by atoms with van der Waals surface area (Å²) in [6.07, 6.45) is 1.76. The van der Waals surface area contributed by atoms with E-state index in [4.69, 9.17) is 16.3 Å². The third-order valence-electron chi connectivity index (χ3n) is 6.80. The lowest BCUT2D eigenvalue weighted by Crippen LogP contribution is -2.50. The highest BCUT2D eigenvalue weighted by Crippen LogP contribution is 2.30. The summed E-state index contributed by atoms with van der Waals surface area (Å²) < 4.78 is 31.7. The SMILES string of the molecule is CCNC(=O)[C@@H](Cc1ccccc1)N(Cc1ccccc1C)C(=O)CCCN(c1ccc(OC)c(Cl)c1)S(C)(=O)=O. The molecule has 0 saturated heterocycles. The number of ether oxygens (including phenoxy) is 1. The van der Waals surface area contributed by atoms with Gasteiger partial charge in [-0.15, -0.1) is 0 Å². The number of nitrogens with one attached hydrogen (secondary N) is 1. The highest BCUT2D eigenvalue weighted by molar-refractivity contribution is 7.92. The average molecular weight is 600 g/mol.